The number of para-hydroxylation sites is 1. The van der Waals surface area contributed by atoms with E-state index in [4.69, 9.17) is 10.2 Å². The van der Waals surface area contributed by atoms with Crippen LogP contribution in [0.1, 0.15) is 18.4 Å². The molecule has 2 aromatic rings. The van der Waals surface area contributed by atoms with Gasteiger partial charge in [-0.25, -0.2) is 0 Å². The van der Waals surface area contributed by atoms with Gasteiger partial charge in [0.1, 0.15) is 11.5 Å². The summed E-state index contributed by atoms with van der Waals surface area (Å²) in [5, 5.41) is 3.32. The maximum Gasteiger partial charge on any atom is 0.227 e. The highest BCUT2D eigenvalue weighted by atomic mass is 32.2. The summed E-state index contributed by atoms with van der Waals surface area (Å²) in [5.74, 6) is 1.84. The van der Waals surface area contributed by atoms with E-state index in [-0.39, 0.29) is 11.7 Å². The van der Waals surface area contributed by atoms with E-state index in [1.54, 1.807) is 0 Å². The molecule has 0 aliphatic rings. The third-order valence-corrected chi connectivity index (χ3v) is 3.87. The molecule has 0 radical (unpaired) electrons. The van der Waals surface area contributed by atoms with Gasteiger partial charge in [0.2, 0.25) is 5.91 Å². The minimum atomic E-state index is -0.316. The topological polar surface area (TPSA) is 68.3 Å². The first kappa shape index (κ1) is 14.5. The Morgan fingerprint density at radius 1 is 1.25 bits per heavy atom. The number of anilines is 1. The Hall–Kier alpha value is -1.88. The monoisotopic (exact) mass is 290 g/mol. The number of benzene rings is 1. The van der Waals surface area contributed by atoms with Crippen molar-refractivity contribution in [2.75, 3.05) is 11.1 Å². The molecule has 5 heteroatoms. The number of furan rings is 1. The molecule has 0 atom stereocenters. The fraction of sp³-hybridized carbons (Fsp3) is 0.267. The number of carbonyl (C=O) groups is 1. The lowest BCUT2D eigenvalue weighted by Gasteiger charge is -2.10. The van der Waals surface area contributed by atoms with Gasteiger partial charge < -0.3 is 15.5 Å². The predicted molar refractivity (Wildman–Crippen MR) is 81.8 cm³/mol. The SMILES string of the molecule is CCc1ccc(CNc2ccccc2SCC(N)=O)o1. The minimum absolute atomic E-state index is 0.277. The number of hydrogen-bond acceptors (Lipinski definition) is 4. The second kappa shape index (κ2) is 7.05. The van der Waals surface area contributed by atoms with Crippen LogP contribution in [-0.4, -0.2) is 11.7 Å². The van der Waals surface area contributed by atoms with Gasteiger partial charge in [-0.2, -0.15) is 0 Å². The van der Waals surface area contributed by atoms with Gasteiger partial charge in [-0.15, -0.1) is 11.8 Å². The highest BCUT2D eigenvalue weighted by molar-refractivity contribution is 8.00. The molecular weight excluding hydrogens is 272 g/mol. The van der Waals surface area contributed by atoms with Crippen molar-refractivity contribution in [1.29, 1.82) is 0 Å². The van der Waals surface area contributed by atoms with E-state index in [0.717, 1.165) is 28.5 Å². The molecule has 1 amide bonds. The zero-order chi connectivity index (χ0) is 14.4. The second-order valence-electron chi connectivity index (χ2n) is 4.33. The molecule has 0 aliphatic carbocycles. The molecule has 0 bridgehead atoms. The summed E-state index contributed by atoms with van der Waals surface area (Å²) >= 11 is 1.43. The number of nitrogens with one attached hydrogen (secondary N) is 1. The first-order valence-corrected chi connectivity index (χ1v) is 7.49. The average Bonchev–Trinajstić information content (AvgIpc) is 2.91. The van der Waals surface area contributed by atoms with E-state index < -0.39 is 0 Å². The summed E-state index contributed by atoms with van der Waals surface area (Å²) in [6.45, 7) is 2.68. The van der Waals surface area contributed by atoms with Gasteiger partial charge in [-0.05, 0) is 24.3 Å². The first-order valence-electron chi connectivity index (χ1n) is 6.50. The first-order chi connectivity index (χ1) is 9.69. The van der Waals surface area contributed by atoms with Crippen LogP contribution in [0.25, 0.3) is 0 Å². The second-order valence-corrected chi connectivity index (χ2v) is 5.34. The summed E-state index contributed by atoms with van der Waals surface area (Å²) in [4.78, 5) is 11.9. The van der Waals surface area contributed by atoms with E-state index >= 15 is 0 Å². The largest absolute Gasteiger partial charge is 0.464 e. The van der Waals surface area contributed by atoms with Gasteiger partial charge >= 0.3 is 0 Å². The highest BCUT2D eigenvalue weighted by Crippen LogP contribution is 2.27. The average molecular weight is 290 g/mol. The number of nitrogens with two attached hydrogens (primary N) is 1. The molecule has 4 nitrogen and oxygen atoms in total. The predicted octanol–water partition coefficient (Wildman–Crippen LogP) is 3.03. The molecule has 0 unspecified atom stereocenters. The van der Waals surface area contributed by atoms with Crippen molar-refractivity contribution in [3.63, 3.8) is 0 Å². The number of thioether (sulfide) groups is 1. The molecule has 20 heavy (non-hydrogen) atoms. The maximum absolute atomic E-state index is 10.9. The molecule has 2 rings (SSSR count). The molecule has 0 saturated carbocycles. The van der Waals surface area contributed by atoms with Crippen molar-refractivity contribution in [2.45, 2.75) is 24.8 Å². The fourth-order valence-corrected chi connectivity index (χ4v) is 2.55. The Morgan fingerprint density at radius 2 is 2.00 bits per heavy atom. The standard InChI is InChI=1S/C15H18N2O2S/c1-2-11-7-8-12(19-11)9-17-13-5-3-4-6-14(13)20-10-15(16)18/h3-8,17H,2,9-10H2,1H3,(H2,16,18). The van der Waals surface area contributed by atoms with Crippen molar-refractivity contribution in [3.8, 4) is 0 Å². The van der Waals surface area contributed by atoms with E-state index in [9.17, 15) is 4.79 Å². The summed E-state index contributed by atoms with van der Waals surface area (Å²) < 4.78 is 5.65. The van der Waals surface area contributed by atoms with E-state index in [1.807, 2.05) is 36.4 Å². The van der Waals surface area contributed by atoms with Crippen LogP contribution in [0.3, 0.4) is 0 Å². The number of aryl methyl sites for hydroxylation is 1. The third kappa shape index (κ3) is 4.06. The molecule has 1 heterocycles. The summed E-state index contributed by atoms with van der Waals surface area (Å²) in [5.41, 5.74) is 6.16. The zero-order valence-electron chi connectivity index (χ0n) is 11.4. The highest BCUT2D eigenvalue weighted by Gasteiger charge is 2.05. The van der Waals surface area contributed by atoms with Gasteiger partial charge in [0.05, 0.1) is 12.3 Å². The van der Waals surface area contributed by atoms with Crippen LogP contribution in [0.2, 0.25) is 0 Å². The van der Waals surface area contributed by atoms with E-state index in [0.29, 0.717) is 6.54 Å². The van der Waals surface area contributed by atoms with Crippen LogP contribution in [-0.2, 0) is 17.8 Å². The molecule has 3 N–H and O–H groups in total. The lowest BCUT2D eigenvalue weighted by molar-refractivity contribution is -0.115. The van der Waals surface area contributed by atoms with Crippen LogP contribution < -0.4 is 11.1 Å². The van der Waals surface area contributed by atoms with Gasteiger partial charge in [-0.3, -0.25) is 4.79 Å². The summed E-state index contributed by atoms with van der Waals surface area (Å²) in [6, 6.07) is 11.8. The van der Waals surface area contributed by atoms with Crippen LogP contribution >= 0.6 is 11.8 Å². The Labute approximate surface area is 122 Å². The van der Waals surface area contributed by atoms with Gasteiger partial charge in [0.25, 0.3) is 0 Å². The lowest BCUT2D eigenvalue weighted by atomic mass is 10.3. The van der Waals surface area contributed by atoms with Gasteiger partial charge in [0, 0.05) is 17.0 Å². The number of carbonyl (C=O) groups excluding carboxylic acids is 1. The maximum atomic E-state index is 10.9. The van der Waals surface area contributed by atoms with Crippen LogP contribution in [0.4, 0.5) is 5.69 Å². The minimum Gasteiger partial charge on any atom is -0.464 e. The van der Waals surface area contributed by atoms with E-state index in [2.05, 4.69) is 12.2 Å². The number of amides is 1. The molecule has 1 aromatic carbocycles. The van der Waals surface area contributed by atoms with Crippen LogP contribution in [0.5, 0.6) is 0 Å². The summed E-state index contributed by atoms with van der Waals surface area (Å²) in [6.07, 6.45) is 0.894. The summed E-state index contributed by atoms with van der Waals surface area (Å²) in [7, 11) is 0. The normalized spacial score (nSPS) is 10.4. The molecule has 0 saturated heterocycles. The molecular formula is C15H18N2O2S. The molecule has 0 aliphatic heterocycles. The number of hydrogen-bond donors (Lipinski definition) is 2. The Kier molecular flexibility index (Phi) is 5.12. The van der Waals surface area contributed by atoms with E-state index in [1.165, 1.54) is 11.8 Å². The molecule has 0 spiro atoms. The number of primary amides is 1. The third-order valence-electron chi connectivity index (χ3n) is 2.78. The molecule has 0 fully saturated rings. The smallest absolute Gasteiger partial charge is 0.227 e. The van der Waals surface area contributed by atoms with Crippen molar-refractivity contribution < 1.29 is 9.21 Å². The van der Waals surface area contributed by atoms with Crippen molar-refractivity contribution in [1.82, 2.24) is 0 Å². The van der Waals surface area contributed by atoms with Crippen molar-refractivity contribution in [2.24, 2.45) is 5.73 Å². The van der Waals surface area contributed by atoms with Crippen LogP contribution in [0.15, 0.2) is 45.7 Å². The quantitative estimate of drug-likeness (QED) is 0.769. The number of rotatable bonds is 7. The van der Waals surface area contributed by atoms with Gasteiger partial charge in [-0.1, -0.05) is 19.1 Å². The fourth-order valence-electron chi connectivity index (χ4n) is 1.78. The Morgan fingerprint density at radius 3 is 2.70 bits per heavy atom. The van der Waals surface area contributed by atoms with Crippen molar-refractivity contribution in [3.05, 3.63) is 47.9 Å². The molecule has 1 aromatic heterocycles. The van der Waals surface area contributed by atoms with Crippen LogP contribution in [0, 0.1) is 0 Å². The molecule has 106 valence electrons. The van der Waals surface area contributed by atoms with Gasteiger partial charge in [0.15, 0.2) is 0 Å². The van der Waals surface area contributed by atoms with Crippen molar-refractivity contribution >= 4 is 23.4 Å². The zero-order valence-corrected chi connectivity index (χ0v) is 12.2. The Balaban J connectivity index is 1.99. The lowest BCUT2D eigenvalue weighted by Crippen LogP contribution is -2.13. The Bertz CT molecular complexity index is 581.